The van der Waals surface area contributed by atoms with Crippen LogP contribution in [0.2, 0.25) is 0 Å². The van der Waals surface area contributed by atoms with E-state index >= 15 is 0 Å². The molecule has 1 aliphatic carbocycles. The minimum absolute atomic E-state index is 0. The fraction of sp³-hybridized carbons (Fsp3) is 0.400. The average Bonchev–Trinajstić information content (AvgIpc) is 2.82. The van der Waals surface area contributed by atoms with Crippen LogP contribution in [0.25, 0.3) is 10.8 Å². The number of benzene rings is 1. The Labute approximate surface area is 120 Å². The molecule has 3 rings (SSSR count). The highest BCUT2D eigenvalue weighted by atomic mass is 127. The second kappa shape index (κ2) is 5.34. The van der Waals surface area contributed by atoms with Crippen molar-refractivity contribution >= 4 is 10.8 Å². The summed E-state index contributed by atoms with van der Waals surface area (Å²) in [6.07, 6.45) is 7.72. The number of fused-ring (bicyclic) bond motifs is 1. The molecule has 0 saturated heterocycles. The van der Waals surface area contributed by atoms with Gasteiger partial charge in [0.15, 0.2) is 11.9 Å². The Balaban J connectivity index is 0.00000108. The van der Waals surface area contributed by atoms with E-state index in [4.69, 9.17) is 0 Å². The number of hydrogen-bond donors (Lipinski definition) is 0. The van der Waals surface area contributed by atoms with Crippen molar-refractivity contribution in [1.29, 1.82) is 0 Å². The van der Waals surface area contributed by atoms with Crippen molar-refractivity contribution in [3.05, 3.63) is 42.2 Å². The first-order valence-electron chi connectivity index (χ1n) is 6.23. The zero-order chi connectivity index (χ0) is 11.0. The summed E-state index contributed by atoms with van der Waals surface area (Å²) in [6.45, 7) is 0. The third-order valence-corrected chi connectivity index (χ3v) is 3.84. The third kappa shape index (κ3) is 2.32. The highest BCUT2D eigenvalue weighted by Crippen LogP contribution is 2.35. The summed E-state index contributed by atoms with van der Waals surface area (Å²) in [5.41, 5.74) is 1.54. The van der Waals surface area contributed by atoms with Gasteiger partial charge in [0, 0.05) is 17.4 Å². The number of aromatic nitrogens is 1. The molecule has 1 nitrogen and oxygen atoms in total. The maximum absolute atomic E-state index is 2.32. The number of pyridine rings is 1. The van der Waals surface area contributed by atoms with Gasteiger partial charge in [-0.2, -0.15) is 0 Å². The molecule has 1 fully saturated rings. The van der Waals surface area contributed by atoms with Crippen LogP contribution in [0.15, 0.2) is 36.5 Å². The van der Waals surface area contributed by atoms with E-state index in [1.165, 1.54) is 42.1 Å². The van der Waals surface area contributed by atoms with Crippen LogP contribution in [0.5, 0.6) is 0 Å². The van der Waals surface area contributed by atoms with Crippen LogP contribution in [-0.2, 0) is 7.05 Å². The van der Waals surface area contributed by atoms with Crippen molar-refractivity contribution in [3.63, 3.8) is 0 Å². The fourth-order valence-electron chi connectivity index (χ4n) is 3.05. The second-order valence-electron chi connectivity index (χ2n) is 4.88. The van der Waals surface area contributed by atoms with E-state index in [1.807, 2.05) is 0 Å². The average molecular weight is 339 g/mol. The monoisotopic (exact) mass is 339 g/mol. The summed E-state index contributed by atoms with van der Waals surface area (Å²) in [4.78, 5) is 0. The molecule has 0 radical (unpaired) electrons. The Kier molecular flexibility index (Phi) is 4.02. The highest BCUT2D eigenvalue weighted by molar-refractivity contribution is 5.83. The molecule has 1 heterocycles. The van der Waals surface area contributed by atoms with Gasteiger partial charge in [-0.05, 0) is 24.3 Å². The van der Waals surface area contributed by atoms with E-state index in [9.17, 15) is 0 Å². The molecular formula is C15H18IN. The highest BCUT2D eigenvalue weighted by Gasteiger charge is 2.26. The first-order valence-corrected chi connectivity index (χ1v) is 6.23. The fourth-order valence-corrected chi connectivity index (χ4v) is 3.05. The van der Waals surface area contributed by atoms with Gasteiger partial charge in [0.05, 0.1) is 0 Å². The van der Waals surface area contributed by atoms with Gasteiger partial charge < -0.3 is 24.0 Å². The van der Waals surface area contributed by atoms with Gasteiger partial charge in [-0.25, -0.2) is 4.57 Å². The van der Waals surface area contributed by atoms with Gasteiger partial charge in [-0.1, -0.05) is 31.0 Å². The van der Waals surface area contributed by atoms with Crippen molar-refractivity contribution < 1.29 is 28.5 Å². The van der Waals surface area contributed by atoms with Crippen molar-refractivity contribution in [1.82, 2.24) is 0 Å². The Hall–Kier alpha value is -0.640. The molecule has 0 spiro atoms. The molecule has 0 atom stereocenters. The number of rotatable bonds is 1. The molecule has 17 heavy (non-hydrogen) atoms. The molecule has 2 heteroatoms. The molecule has 1 saturated carbocycles. The summed E-state index contributed by atoms with van der Waals surface area (Å²) >= 11 is 0. The van der Waals surface area contributed by atoms with Gasteiger partial charge in [-0.3, -0.25) is 0 Å². The number of aryl methyl sites for hydroxylation is 1. The van der Waals surface area contributed by atoms with Gasteiger partial charge in [0.25, 0.3) is 0 Å². The summed E-state index contributed by atoms with van der Waals surface area (Å²) in [7, 11) is 2.18. The summed E-state index contributed by atoms with van der Waals surface area (Å²) in [5, 5.41) is 2.82. The lowest BCUT2D eigenvalue weighted by atomic mass is 9.97. The van der Waals surface area contributed by atoms with Crippen molar-refractivity contribution in [2.45, 2.75) is 31.6 Å². The van der Waals surface area contributed by atoms with Crippen LogP contribution in [0.3, 0.4) is 0 Å². The van der Waals surface area contributed by atoms with E-state index in [0.29, 0.717) is 0 Å². The van der Waals surface area contributed by atoms with Crippen molar-refractivity contribution in [3.8, 4) is 0 Å². The normalized spacial score (nSPS) is 16.1. The molecule has 0 N–H and O–H groups in total. The van der Waals surface area contributed by atoms with E-state index in [1.54, 1.807) is 0 Å². The van der Waals surface area contributed by atoms with Crippen LogP contribution in [0.4, 0.5) is 0 Å². The van der Waals surface area contributed by atoms with Gasteiger partial charge in [0.1, 0.15) is 7.05 Å². The lowest BCUT2D eigenvalue weighted by molar-refractivity contribution is -0.679. The molecule has 2 aromatic rings. The van der Waals surface area contributed by atoms with Gasteiger partial charge in [0.2, 0.25) is 0 Å². The van der Waals surface area contributed by atoms with Crippen molar-refractivity contribution in [2.75, 3.05) is 0 Å². The third-order valence-electron chi connectivity index (χ3n) is 3.84. The first-order chi connectivity index (χ1) is 7.86. The molecule has 1 aliphatic rings. The zero-order valence-corrected chi connectivity index (χ0v) is 12.4. The SMILES string of the molecule is C[n+]1ccc2ccccc2c1C1CCCC1.[I-]. The number of hydrogen-bond acceptors (Lipinski definition) is 0. The van der Waals surface area contributed by atoms with E-state index < -0.39 is 0 Å². The predicted molar refractivity (Wildman–Crippen MR) is 66.3 cm³/mol. The molecule has 1 aromatic heterocycles. The minimum Gasteiger partial charge on any atom is -1.00 e. The van der Waals surface area contributed by atoms with E-state index in [0.717, 1.165) is 5.92 Å². The van der Waals surface area contributed by atoms with Crippen LogP contribution in [0, 0.1) is 0 Å². The van der Waals surface area contributed by atoms with Crippen LogP contribution < -0.4 is 28.5 Å². The first kappa shape index (κ1) is 12.8. The largest absolute Gasteiger partial charge is 1.00 e. The topological polar surface area (TPSA) is 3.88 Å². The maximum Gasteiger partial charge on any atom is 0.192 e. The zero-order valence-electron chi connectivity index (χ0n) is 10.2. The van der Waals surface area contributed by atoms with E-state index in [-0.39, 0.29) is 24.0 Å². The van der Waals surface area contributed by atoms with Crippen LogP contribution in [0.1, 0.15) is 37.3 Å². The molecule has 0 aliphatic heterocycles. The summed E-state index contributed by atoms with van der Waals surface area (Å²) < 4.78 is 2.32. The Morgan fingerprint density at radius 2 is 1.76 bits per heavy atom. The van der Waals surface area contributed by atoms with E-state index in [2.05, 4.69) is 48.1 Å². The second-order valence-corrected chi connectivity index (χ2v) is 4.88. The number of halogens is 1. The number of nitrogens with zero attached hydrogens (tertiary/aromatic N) is 1. The molecule has 90 valence electrons. The lowest BCUT2D eigenvalue weighted by Gasteiger charge is -2.10. The van der Waals surface area contributed by atoms with Crippen LogP contribution in [-0.4, -0.2) is 0 Å². The van der Waals surface area contributed by atoms with Gasteiger partial charge in [-0.15, -0.1) is 0 Å². The minimum atomic E-state index is 0. The summed E-state index contributed by atoms with van der Waals surface area (Å²) in [5.74, 6) is 0.774. The van der Waals surface area contributed by atoms with Crippen molar-refractivity contribution in [2.24, 2.45) is 7.05 Å². The van der Waals surface area contributed by atoms with Crippen LogP contribution >= 0.6 is 0 Å². The predicted octanol–water partition coefficient (Wildman–Crippen LogP) is 0.326. The molecule has 0 bridgehead atoms. The smallest absolute Gasteiger partial charge is 0.192 e. The lowest BCUT2D eigenvalue weighted by Crippen LogP contribution is -3.00. The molecule has 0 amide bonds. The molecular weight excluding hydrogens is 321 g/mol. The Morgan fingerprint density at radius 3 is 2.53 bits per heavy atom. The summed E-state index contributed by atoms with van der Waals surface area (Å²) in [6, 6.07) is 11.0. The molecule has 1 aromatic carbocycles. The Bertz CT molecular complexity index is 515. The quantitative estimate of drug-likeness (QED) is 0.521. The molecule has 0 unspecified atom stereocenters. The Morgan fingerprint density at radius 1 is 1.06 bits per heavy atom. The standard InChI is InChI=1S/C15H18N.HI/c1-16-11-10-12-6-4-5-9-14(12)15(16)13-7-2-3-8-13;/h4-6,9-11,13H,2-3,7-8H2,1H3;1H/q+1;/p-1. The maximum atomic E-state index is 2.32. The van der Waals surface area contributed by atoms with Gasteiger partial charge >= 0.3 is 0 Å².